The lowest BCUT2D eigenvalue weighted by atomic mass is 9.92. The van der Waals surface area contributed by atoms with E-state index in [4.69, 9.17) is 4.42 Å². The van der Waals surface area contributed by atoms with Crippen LogP contribution in [-0.4, -0.2) is 60.0 Å². The summed E-state index contributed by atoms with van der Waals surface area (Å²) in [5.74, 6) is 2.57. The van der Waals surface area contributed by atoms with Crippen LogP contribution in [0.3, 0.4) is 0 Å². The van der Waals surface area contributed by atoms with Crippen molar-refractivity contribution >= 4 is 5.91 Å². The maximum absolute atomic E-state index is 14.3. The SMILES string of the molecule is Cc1cccc(F)c1-c1nc(CN2CCC(C(=O)NCCCN3C[C@H](C)C[C@H](C)C3)CC2)c(C)o1. The van der Waals surface area contributed by atoms with Gasteiger partial charge in [-0.1, -0.05) is 26.0 Å². The average molecular weight is 485 g/mol. The second-order valence-corrected chi connectivity index (χ2v) is 10.9. The van der Waals surface area contributed by atoms with E-state index in [1.54, 1.807) is 6.07 Å². The molecule has 0 bridgehead atoms. The highest BCUT2D eigenvalue weighted by molar-refractivity contribution is 5.78. The van der Waals surface area contributed by atoms with E-state index in [1.807, 2.05) is 19.9 Å². The number of hydrogen-bond acceptors (Lipinski definition) is 5. The zero-order valence-electron chi connectivity index (χ0n) is 21.8. The minimum Gasteiger partial charge on any atom is -0.441 e. The number of nitrogens with zero attached hydrogens (tertiary/aromatic N) is 3. The van der Waals surface area contributed by atoms with Crippen molar-refractivity contribution in [3.8, 4) is 11.5 Å². The van der Waals surface area contributed by atoms with Crippen molar-refractivity contribution in [2.24, 2.45) is 17.8 Å². The van der Waals surface area contributed by atoms with E-state index in [-0.39, 0.29) is 17.6 Å². The number of benzene rings is 1. The van der Waals surface area contributed by atoms with Crippen LogP contribution in [0.1, 0.15) is 56.5 Å². The number of halogens is 1. The van der Waals surface area contributed by atoms with Gasteiger partial charge in [0.2, 0.25) is 11.8 Å². The van der Waals surface area contributed by atoms with Crippen molar-refractivity contribution in [2.75, 3.05) is 39.3 Å². The van der Waals surface area contributed by atoms with Crippen LogP contribution in [-0.2, 0) is 11.3 Å². The topological polar surface area (TPSA) is 61.6 Å². The largest absolute Gasteiger partial charge is 0.441 e. The Bertz CT molecular complexity index is 969. The zero-order valence-corrected chi connectivity index (χ0v) is 21.8. The molecule has 0 aliphatic carbocycles. The molecule has 2 fully saturated rings. The average Bonchev–Trinajstić information content (AvgIpc) is 3.16. The summed E-state index contributed by atoms with van der Waals surface area (Å²) in [6, 6.07) is 4.99. The summed E-state index contributed by atoms with van der Waals surface area (Å²) < 4.78 is 20.2. The molecule has 4 rings (SSSR count). The number of nitrogens with one attached hydrogen (secondary N) is 1. The molecule has 7 heteroatoms. The molecular weight excluding hydrogens is 443 g/mol. The number of rotatable bonds is 8. The van der Waals surface area contributed by atoms with E-state index < -0.39 is 0 Å². The van der Waals surface area contributed by atoms with Crippen molar-refractivity contribution in [3.05, 3.63) is 41.0 Å². The lowest BCUT2D eigenvalue weighted by Crippen LogP contribution is -2.42. The highest BCUT2D eigenvalue weighted by Crippen LogP contribution is 2.29. The molecule has 1 aromatic carbocycles. The first-order valence-electron chi connectivity index (χ1n) is 13.2. The summed E-state index contributed by atoms with van der Waals surface area (Å²) in [7, 11) is 0. The van der Waals surface area contributed by atoms with Crippen molar-refractivity contribution in [2.45, 2.75) is 59.9 Å². The lowest BCUT2D eigenvalue weighted by molar-refractivity contribution is -0.126. The third kappa shape index (κ3) is 6.70. The van der Waals surface area contributed by atoms with Gasteiger partial charge in [0.1, 0.15) is 11.6 Å². The molecule has 2 saturated heterocycles. The Morgan fingerprint density at radius 2 is 1.86 bits per heavy atom. The van der Waals surface area contributed by atoms with Gasteiger partial charge in [0.05, 0.1) is 11.3 Å². The van der Waals surface area contributed by atoms with E-state index in [0.29, 0.717) is 18.0 Å². The molecule has 0 unspecified atom stereocenters. The van der Waals surface area contributed by atoms with E-state index in [2.05, 4.69) is 33.9 Å². The number of amides is 1. The van der Waals surface area contributed by atoms with Gasteiger partial charge >= 0.3 is 0 Å². The minimum atomic E-state index is -0.315. The zero-order chi connectivity index (χ0) is 24.9. The molecule has 2 aliphatic heterocycles. The Balaban J connectivity index is 1.20. The van der Waals surface area contributed by atoms with Crippen LogP contribution in [0.25, 0.3) is 11.5 Å². The second-order valence-electron chi connectivity index (χ2n) is 10.9. The van der Waals surface area contributed by atoms with Crippen LogP contribution >= 0.6 is 0 Å². The molecule has 2 atom stereocenters. The molecule has 3 heterocycles. The van der Waals surface area contributed by atoms with Crippen LogP contribution < -0.4 is 5.32 Å². The summed E-state index contributed by atoms with van der Waals surface area (Å²) >= 11 is 0. The number of aromatic nitrogens is 1. The maximum atomic E-state index is 14.3. The van der Waals surface area contributed by atoms with Crippen molar-refractivity contribution < 1.29 is 13.6 Å². The van der Waals surface area contributed by atoms with Gasteiger partial charge in [-0.25, -0.2) is 9.37 Å². The monoisotopic (exact) mass is 484 g/mol. The first-order valence-corrected chi connectivity index (χ1v) is 13.2. The van der Waals surface area contributed by atoms with E-state index >= 15 is 0 Å². The van der Waals surface area contributed by atoms with Crippen molar-refractivity contribution in [3.63, 3.8) is 0 Å². The number of hydrogen-bond donors (Lipinski definition) is 1. The van der Waals surface area contributed by atoms with Crippen LogP contribution in [0.5, 0.6) is 0 Å². The summed E-state index contributed by atoms with van der Waals surface area (Å²) in [6.07, 6.45) is 4.04. The van der Waals surface area contributed by atoms with Gasteiger partial charge < -0.3 is 14.6 Å². The molecule has 35 heavy (non-hydrogen) atoms. The quantitative estimate of drug-likeness (QED) is 0.546. The minimum absolute atomic E-state index is 0.0799. The summed E-state index contributed by atoms with van der Waals surface area (Å²) in [6.45, 7) is 15.0. The van der Waals surface area contributed by atoms with Crippen LogP contribution in [0.15, 0.2) is 22.6 Å². The predicted octanol–water partition coefficient (Wildman–Crippen LogP) is 4.79. The van der Waals surface area contributed by atoms with Gasteiger partial charge in [0.15, 0.2) is 0 Å². The summed E-state index contributed by atoms with van der Waals surface area (Å²) in [5, 5.41) is 3.17. The predicted molar refractivity (Wildman–Crippen MR) is 136 cm³/mol. The first-order chi connectivity index (χ1) is 16.8. The molecule has 2 aromatic rings. The number of carbonyl (C=O) groups excluding carboxylic acids is 1. The number of piperidine rings is 2. The van der Waals surface area contributed by atoms with Crippen molar-refractivity contribution in [1.82, 2.24) is 20.1 Å². The normalized spacial score (nSPS) is 22.4. The Morgan fingerprint density at radius 1 is 1.14 bits per heavy atom. The molecule has 6 nitrogen and oxygen atoms in total. The molecule has 2 aliphatic rings. The highest BCUT2D eigenvalue weighted by atomic mass is 19.1. The lowest BCUT2D eigenvalue weighted by Gasteiger charge is -2.35. The van der Waals surface area contributed by atoms with Gasteiger partial charge in [-0.2, -0.15) is 0 Å². The third-order valence-electron chi connectivity index (χ3n) is 7.56. The van der Waals surface area contributed by atoms with E-state index in [0.717, 1.165) is 74.3 Å². The number of aryl methyl sites for hydroxylation is 2. The smallest absolute Gasteiger partial charge is 0.229 e. The van der Waals surface area contributed by atoms with Gasteiger partial charge in [-0.3, -0.25) is 9.69 Å². The molecule has 192 valence electrons. The summed E-state index contributed by atoms with van der Waals surface area (Å²) in [4.78, 5) is 22.2. The van der Waals surface area contributed by atoms with Gasteiger partial charge in [-0.15, -0.1) is 0 Å². The number of likely N-dealkylation sites (tertiary alicyclic amines) is 2. The third-order valence-corrected chi connectivity index (χ3v) is 7.56. The Hall–Kier alpha value is -2.25. The van der Waals surface area contributed by atoms with Crippen LogP contribution in [0.4, 0.5) is 4.39 Å². The molecule has 1 N–H and O–H groups in total. The summed E-state index contributed by atoms with van der Waals surface area (Å²) in [5.41, 5.74) is 2.08. The van der Waals surface area contributed by atoms with E-state index in [1.165, 1.54) is 25.6 Å². The fraction of sp³-hybridized carbons (Fsp3) is 0.643. The maximum Gasteiger partial charge on any atom is 0.229 e. The second kappa shape index (κ2) is 11.7. The Morgan fingerprint density at radius 3 is 2.54 bits per heavy atom. The molecular formula is C28H41FN4O2. The van der Waals surface area contributed by atoms with Gasteiger partial charge in [-0.05, 0) is 82.6 Å². The molecule has 1 amide bonds. The fourth-order valence-electron chi connectivity index (χ4n) is 5.78. The number of carbonyl (C=O) groups is 1. The Labute approximate surface area is 209 Å². The Kier molecular flexibility index (Phi) is 8.60. The molecule has 0 saturated carbocycles. The van der Waals surface area contributed by atoms with Gasteiger partial charge in [0, 0.05) is 32.1 Å². The molecule has 0 spiro atoms. The van der Waals surface area contributed by atoms with Gasteiger partial charge in [0.25, 0.3) is 0 Å². The van der Waals surface area contributed by atoms with Crippen LogP contribution in [0, 0.1) is 37.4 Å². The molecule has 1 aromatic heterocycles. The molecule has 0 radical (unpaired) electrons. The van der Waals surface area contributed by atoms with Crippen LogP contribution in [0.2, 0.25) is 0 Å². The van der Waals surface area contributed by atoms with Crippen molar-refractivity contribution in [1.29, 1.82) is 0 Å². The standard InChI is InChI=1S/C28H41FN4O2/c1-19-15-20(2)17-33(16-19)12-6-11-30-27(34)23-9-13-32(14-10-23)18-25-22(4)35-28(31-25)26-21(3)7-5-8-24(26)29/h5,7-8,19-20,23H,6,9-18H2,1-4H3,(H,30,34)/t19-,20+. The fourth-order valence-corrected chi connectivity index (χ4v) is 5.78. The number of oxazole rings is 1. The highest BCUT2D eigenvalue weighted by Gasteiger charge is 2.27. The van der Waals surface area contributed by atoms with E-state index in [9.17, 15) is 9.18 Å². The first kappa shape index (κ1) is 25.8.